The molecule has 5 N–H and O–H groups in total. The molecule has 1 rings (SSSR count). The maximum absolute atomic E-state index is 9.09. The van der Waals surface area contributed by atoms with E-state index >= 15 is 0 Å². The number of nitrogen functional groups attached to an aromatic ring is 1. The molecule has 72 valence electrons. The number of aliphatic hydroxyl groups excluding tert-OH is 1. The summed E-state index contributed by atoms with van der Waals surface area (Å²) >= 11 is 0. The van der Waals surface area contributed by atoms with Crippen LogP contribution < -0.4 is 16.2 Å². The van der Waals surface area contributed by atoms with E-state index in [1.807, 2.05) is 6.92 Å². The Morgan fingerprint density at radius 1 is 1.54 bits per heavy atom. The molecule has 0 radical (unpaired) electrons. The van der Waals surface area contributed by atoms with Crippen LogP contribution in [0.2, 0.25) is 0 Å². The van der Waals surface area contributed by atoms with Crippen molar-refractivity contribution in [1.82, 2.24) is 0 Å². The number of hydrogen-bond acceptors (Lipinski definition) is 4. The first-order valence-electron chi connectivity index (χ1n) is 4.04. The Morgan fingerprint density at radius 3 is 2.77 bits per heavy atom. The van der Waals surface area contributed by atoms with E-state index in [2.05, 4.69) is 0 Å². The predicted octanol–water partition coefficient (Wildman–Crippen LogP) is 0.233. The first-order chi connectivity index (χ1) is 6.13. The molecule has 0 aliphatic carbocycles. The molecule has 13 heavy (non-hydrogen) atoms. The Hall–Kier alpha value is -1.26. The summed E-state index contributed by atoms with van der Waals surface area (Å²) in [6.45, 7) is 1.94. The van der Waals surface area contributed by atoms with Gasteiger partial charge in [-0.3, -0.25) is 0 Å². The number of aliphatic hydroxyl groups is 1. The lowest BCUT2D eigenvalue weighted by Crippen LogP contribution is -2.25. The molecule has 0 aromatic heterocycles. The molecule has 1 aromatic carbocycles. The van der Waals surface area contributed by atoms with E-state index in [1.165, 1.54) is 0 Å². The topological polar surface area (TPSA) is 81.5 Å². The zero-order valence-corrected chi connectivity index (χ0v) is 7.53. The molecule has 0 aliphatic rings. The van der Waals surface area contributed by atoms with Crippen molar-refractivity contribution in [3.63, 3.8) is 0 Å². The highest BCUT2D eigenvalue weighted by Crippen LogP contribution is 2.18. The second-order valence-electron chi connectivity index (χ2n) is 2.83. The summed E-state index contributed by atoms with van der Waals surface area (Å²) in [6.07, 6.45) is -0.956. The smallest absolute Gasteiger partial charge is 0.209 e. The van der Waals surface area contributed by atoms with Gasteiger partial charge in [-0.25, -0.2) is 0 Å². The molecule has 0 heterocycles. The van der Waals surface area contributed by atoms with Crippen molar-refractivity contribution in [2.75, 3.05) is 12.3 Å². The second kappa shape index (κ2) is 4.11. The lowest BCUT2D eigenvalue weighted by molar-refractivity contribution is -0.00859. The number of rotatable bonds is 3. The summed E-state index contributed by atoms with van der Waals surface area (Å²) in [5.41, 5.74) is 12.4. The molecule has 0 amide bonds. The number of nitrogens with two attached hydrogens (primary N) is 2. The SMILES string of the molecule is Cc1cc(OC(O)CN)ccc1N. The molecular formula is C9H14N2O2. The van der Waals surface area contributed by atoms with E-state index in [0.29, 0.717) is 11.4 Å². The van der Waals surface area contributed by atoms with Crippen LogP contribution >= 0.6 is 0 Å². The molecule has 0 bridgehead atoms. The van der Waals surface area contributed by atoms with Gasteiger partial charge < -0.3 is 21.3 Å². The number of hydrogen-bond donors (Lipinski definition) is 3. The Morgan fingerprint density at radius 2 is 2.23 bits per heavy atom. The maximum atomic E-state index is 9.09. The van der Waals surface area contributed by atoms with Crippen LogP contribution in [0.1, 0.15) is 5.56 Å². The fourth-order valence-electron chi connectivity index (χ4n) is 0.927. The van der Waals surface area contributed by atoms with Gasteiger partial charge in [-0.1, -0.05) is 0 Å². The highest BCUT2D eigenvalue weighted by Gasteiger charge is 2.03. The van der Waals surface area contributed by atoms with Crippen molar-refractivity contribution in [3.05, 3.63) is 23.8 Å². The molecule has 0 spiro atoms. The molecule has 0 saturated carbocycles. The van der Waals surface area contributed by atoms with Gasteiger partial charge in [-0.15, -0.1) is 0 Å². The molecule has 4 heteroatoms. The van der Waals surface area contributed by atoms with Gasteiger partial charge in [0.2, 0.25) is 6.29 Å². The second-order valence-corrected chi connectivity index (χ2v) is 2.83. The van der Waals surface area contributed by atoms with Gasteiger partial charge in [0.25, 0.3) is 0 Å². The Balaban J connectivity index is 2.73. The minimum Gasteiger partial charge on any atom is -0.464 e. The third-order valence-electron chi connectivity index (χ3n) is 1.72. The molecule has 0 aliphatic heterocycles. The van der Waals surface area contributed by atoms with E-state index in [0.717, 1.165) is 5.56 Å². The van der Waals surface area contributed by atoms with E-state index in [9.17, 15) is 0 Å². The monoisotopic (exact) mass is 182 g/mol. The van der Waals surface area contributed by atoms with Crippen molar-refractivity contribution in [2.24, 2.45) is 5.73 Å². The van der Waals surface area contributed by atoms with Crippen LogP contribution in [0, 0.1) is 6.92 Å². The zero-order chi connectivity index (χ0) is 9.84. The van der Waals surface area contributed by atoms with Crippen LogP contribution in [0.5, 0.6) is 5.75 Å². The van der Waals surface area contributed by atoms with E-state index < -0.39 is 6.29 Å². The third-order valence-corrected chi connectivity index (χ3v) is 1.72. The molecule has 0 fully saturated rings. The van der Waals surface area contributed by atoms with Crippen LogP contribution in [0.15, 0.2) is 18.2 Å². The van der Waals surface area contributed by atoms with Crippen molar-refractivity contribution in [2.45, 2.75) is 13.2 Å². The van der Waals surface area contributed by atoms with Crippen molar-refractivity contribution >= 4 is 5.69 Å². The number of anilines is 1. The quantitative estimate of drug-likeness (QED) is 0.462. The first-order valence-corrected chi connectivity index (χ1v) is 4.04. The summed E-state index contributed by atoms with van der Waals surface area (Å²) < 4.78 is 5.07. The Kier molecular flexibility index (Phi) is 3.11. The fraction of sp³-hybridized carbons (Fsp3) is 0.333. The van der Waals surface area contributed by atoms with Gasteiger partial charge in [0.1, 0.15) is 5.75 Å². The van der Waals surface area contributed by atoms with Crippen LogP contribution in [0.4, 0.5) is 5.69 Å². The highest BCUT2D eigenvalue weighted by molar-refractivity contribution is 5.49. The molecule has 1 aromatic rings. The summed E-state index contributed by atoms with van der Waals surface area (Å²) in [7, 11) is 0. The molecule has 0 saturated heterocycles. The standard InChI is InChI=1S/C9H14N2O2/c1-6-4-7(2-3-8(6)11)13-9(12)5-10/h2-4,9,12H,5,10-11H2,1H3. The molecule has 1 unspecified atom stereocenters. The summed E-state index contributed by atoms with van der Waals surface area (Å²) in [5.74, 6) is 0.574. The minimum atomic E-state index is -0.956. The fourth-order valence-corrected chi connectivity index (χ4v) is 0.927. The zero-order valence-electron chi connectivity index (χ0n) is 7.53. The molecular weight excluding hydrogens is 168 g/mol. The van der Waals surface area contributed by atoms with Gasteiger partial charge in [-0.05, 0) is 30.7 Å². The number of aryl methyl sites for hydroxylation is 1. The van der Waals surface area contributed by atoms with Crippen LogP contribution in [0.3, 0.4) is 0 Å². The van der Waals surface area contributed by atoms with Gasteiger partial charge >= 0.3 is 0 Å². The van der Waals surface area contributed by atoms with E-state index in [-0.39, 0.29) is 6.54 Å². The van der Waals surface area contributed by atoms with Crippen LogP contribution in [-0.2, 0) is 0 Å². The van der Waals surface area contributed by atoms with E-state index in [1.54, 1.807) is 18.2 Å². The number of benzene rings is 1. The van der Waals surface area contributed by atoms with Gasteiger partial charge in [0, 0.05) is 5.69 Å². The lowest BCUT2D eigenvalue weighted by Gasteiger charge is -2.12. The third kappa shape index (κ3) is 2.61. The van der Waals surface area contributed by atoms with Crippen molar-refractivity contribution < 1.29 is 9.84 Å². The normalized spacial score (nSPS) is 12.5. The average Bonchev–Trinajstić information content (AvgIpc) is 2.11. The van der Waals surface area contributed by atoms with Crippen molar-refractivity contribution in [1.29, 1.82) is 0 Å². The lowest BCUT2D eigenvalue weighted by atomic mass is 10.2. The summed E-state index contributed by atoms with van der Waals surface area (Å²) in [5, 5.41) is 9.09. The largest absolute Gasteiger partial charge is 0.464 e. The maximum Gasteiger partial charge on any atom is 0.209 e. The number of ether oxygens (including phenoxy) is 1. The van der Waals surface area contributed by atoms with Crippen molar-refractivity contribution in [3.8, 4) is 5.75 Å². The Bertz CT molecular complexity index is 289. The first kappa shape index (κ1) is 9.83. The van der Waals surface area contributed by atoms with Crippen LogP contribution in [-0.4, -0.2) is 17.9 Å². The summed E-state index contributed by atoms with van der Waals surface area (Å²) in [6, 6.07) is 5.18. The van der Waals surface area contributed by atoms with Crippen LogP contribution in [0.25, 0.3) is 0 Å². The highest BCUT2D eigenvalue weighted by atomic mass is 16.6. The Labute approximate surface area is 77.1 Å². The predicted molar refractivity (Wildman–Crippen MR) is 51.3 cm³/mol. The van der Waals surface area contributed by atoms with Gasteiger partial charge in [-0.2, -0.15) is 0 Å². The van der Waals surface area contributed by atoms with Gasteiger partial charge in [0.15, 0.2) is 0 Å². The van der Waals surface area contributed by atoms with E-state index in [4.69, 9.17) is 21.3 Å². The minimum absolute atomic E-state index is 0.0728. The molecule has 4 nitrogen and oxygen atoms in total. The van der Waals surface area contributed by atoms with Gasteiger partial charge in [0.05, 0.1) is 6.54 Å². The average molecular weight is 182 g/mol. The molecule has 1 atom stereocenters. The summed E-state index contributed by atoms with van der Waals surface area (Å²) in [4.78, 5) is 0.